The third kappa shape index (κ3) is 8.90. The topological polar surface area (TPSA) is 126 Å². The van der Waals surface area contributed by atoms with Gasteiger partial charge in [0.05, 0.1) is 23.9 Å². The molecule has 0 bridgehead atoms. The van der Waals surface area contributed by atoms with Gasteiger partial charge in [-0.15, -0.1) is 0 Å². The SMILES string of the molecule is COc1ccc(NC(=O)COc2ccc(/C=N\NC(=O)CN(c3ccc(Br)cc3)S(=O)(=O)c3ccc(C)cc3)cc2)cc1. The van der Waals surface area contributed by atoms with Crippen LogP contribution in [0.15, 0.2) is 112 Å². The van der Waals surface area contributed by atoms with E-state index in [9.17, 15) is 18.0 Å². The van der Waals surface area contributed by atoms with Crippen molar-refractivity contribution in [3.8, 4) is 11.5 Å². The Labute approximate surface area is 258 Å². The lowest BCUT2D eigenvalue weighted by molar-refractivity contribution is -0.119. The van der Waals surface area contributed by atoms with Crippen molar-refractivity contribution in [1.82, 2.24) is 5.43 Å². The van der Waals surface area contributed by atoms with Gasteiger partial charge in [0, 0.05) is 10.2 Å². The number of benzene rings is 4. The predicted octanol–water partition coefficient (Wildman–Crippen LogP) is 5.13. The fourth-order valence-electron chi connectivity index (χ4n) is 3.77. The quantitative estimate of drug-likeness (QED) is 0.160. The average Bonchev–Trinajstić information content (AvgIpc) is 3.00. The number of aryl methyl sites for hydroxylation is 1. The van der Waals surface area contributed by atoms with Crippen molar-refractivity contribution in [2.24, 2.45) is 5.10 Å². The Morgan fingerprint density at radius 1 is 0.860 bits per heavy atom. The van der Waals surface area contributed by atoms with E-state index in [2.05, 4.69) is 31.8 Å². The highest BCUT2D eigenvalue weighted by atomic mass is 79.9. The van der Waals surface area contributed by atoms with Crippen molar-refractivity contribution >= 4 is 55.4 Å². The van der Waals surface area contributed by atoms with E-state index in [0.29, 0.717) is 28.4 Å². The zero-order chi connectivity index (χ0) is 30.8. The number of carbonyl (C=O) groups is 2. The molecule has 0 radical (unpaired) electrons. The molecule has 12 heteroatoms. The number of halogens is 1. The second-order valence-corrected chi connectivity index (χ2v) is 12.0. The highest BCUT2D eigenvalue weighted by Crippen LogP contribution is 2.25. The molecule has 0 heterocycles. The Balaban J connectivity index is 1.33. The Bertz CT molecular complexity index is 1680. The summed E-state index contributed by atoms with van der Waals surface area (Å²) in [5.41, 5.74) is 4.89. The lowest BCUT2D eigenvalue weighted by Gasteiger charge is -2.23. The van der Waals surface area contributed by atoms with Crippen LogP contribution < -0.4 is 24.5 Å². The van der Waals surface area contributed by atoms with Gasteiger partial charge in [-0.1, -0.05) is 33.6 Å². The fourth-order valence-corrected chi connectivity index (χ4v) is 5.46. The predicted molar refractivity (Wildman–Crippen MR) is 169 cm³/mol. The van der Waals surface area contributed by atoms with Crippen LogP contribution in [0, 0.1) is 6.92 Å². The van der Waals surface area contributed by atoms with E-state index in [-0.39, 0.29) is 17.4 Å². The largest absolute Gasteiger partial charge is 0.497 e. The molecule has 4 aromatic rings. The monoisotopic (exact) mass is 664 g/mol. The lowest BCUT2D eigenvalue weighted by Crippen LogP contribution is -2.39. The molecule has 0 spiro atoms. The molecule has 4 rings (SSSR count). The first kappa shape index (κ1) is 31.3. The molecular formula is C31H29BrN4O6S. The second kappa shape index (κ2) is 14.5. The molecule has 0 fully saturated rings. The number of anilines is 2. The van der Waals surface area contributed by atoms with Gasteiger partial charge >= 0.3 is 0 Å². The van der Waals surface area contributed by atoms with Gasteiger partial charge in [-0.2, -0.15) is 5.10 Å². The van der Waals surface area contributed by atoms with Crippen LogP contribution >= 0.6 is 15.9 Å². The van der Waals surface area contributed by atoms with Gasteiger partial charge in [-0.05, 0) is 97.4 Å². The molecule has 2 N–H and O–H groups in total. The maximum atomic E-state index is 13.5. The Kier molecular flexibility index (Phi) is 10.5. The van der Waals surface area contributed by atoms with Gasteiger partial charge in [0.15, 0.2) is 6.61 Å². The summed E-state index contributed by atoms with van der Waals surface area (Å²) < 4.78 is 39.3. The lowest BCUT2D eigenvalue weighted by atomic mass is 10.2. The average molecular weight is 666 g/mol. The second-order valence-electron chi connectivity index (χ2n) is 9.23. The first-order valence-electron chi connectivity index (χ1n) is 13.0. The molecule has 0 aliphatic heterocycles. The molecule has 2 amide bonds. The third-order valence-electron chi connectivity index (χ3n) is 6.04. The van der Waals surface area contributed by atoms with Crippen molar-refractivity contribution < 1.29 is 27.5 Å². The van der Waals surface area contributed by atoms with Crippen LogP contribution in [0.4, 0.5) is 11.4 Å². The molecule has 0 unspecified atom stereocenters. The van der Waals surface area contributed by atoms with Gasteiger partial charge in [0.1, 0.15) is 18.0 Å². The number of sulfonamides is 1. The van der Waals surface area contributed by atoms with Crippen molar-refractivity contribution in [2.75, 3.05) is 29.9 Å². The molecule has 10 nitrogen and oxygen atoms in total. The zero-order valence-electron chi connectivity index (χ0n) is 23.4. The number of nitrogens with zero attached hydrogens (tertiary/aromatic N) is 2. The first-order valence-corrected chi connectivity index (χ1v) is 15.2. The van der Waals surface area contributed by atoms with E-state index < -0.39 is 22.5 Å². The first-order chi connectivity index (χ1) is 20.6. The highest BCUT2D eigenvalue weighted by molar-refractivity contribution is 9.10. The van der Waals surface area contributed by atoms with Crippen molar-refractivity contribution in [2.45, 2.75) is 11.8 Å². The van der Waals surface area contributed by atoms with Crippen LogP contribution in [0.3, 0.4) is 0 Å². The van der Waals surface area contributed by atoms with Gasteiger partial charge in [0.2, 0.25) is 0 Å². The van der Waals surface area contributed by atoms with Gasteiger partial charge < -0.3 is 14.8 Å². The summed E-state index contributed by atoms with van der Waals surface area (Å²) in [4.78, 5) is 25.0. The van der Waals surface area contributed by atoms with Crippen molar-refractivity contribution in [1.29, 1.82) is 0 Å². The minimum absolute atomic E-state index is 0.0674. The van der Waals surface area contributed by atoms with E-state index in [0.717, 1.165) is 14.3 Å². The number of hydrogen-bond donors (Lipinski definition) is 2. The summed E-state index contributed by atoms with van der Waals surface area (Å²) in [6, 6.07) is 26.7. The number of rotatable bonds is 12. The molecular weight excluding hydrogens is 636 g/mol. The Morgan fingerprint density at radius 2 is 1.49 bits per heavy atom. The number of hydrazone groups is 1. The minimum Gasteiger partial charge on any atom is -0.497 e. The van der Waals surface area contributed by atoms with Crippen LogP contribution in [-0.2, 0) is 19.6 Å². The molecule has 0 aromatic heterocycles. The fraction of sp³-hybridized carbons (Fsp3) is 0.129. The van der Waals surface area contributed by atoms with E-state index in [1.165, 1.54) is 18.3 Å². The smallest absolute Gasteiger partial charge is 0.264 e. The number of methoxy groups -OCH3 is 1. The number of amides is 2. The summed E-state index contributed by atoms with van der Waals surface area (Å²) in [5.74, 6) is 0.210. The van der Waals surface area contributed by atoms with Gasteiger partial charge in [-0.25, -0.2) is 13.8 Å². The van der Waals surface area contributed by atoms with Crippen LogP contribution in [0.1, 0.15) is 11.1 Å². The highest BCUT2D eigenvalue weighted by Gasteiger charge is 2.27. The normalized spacial score (nSPS) is 11.1. The summed E-state index contributed by atoms with van der Waals surface area (Å²) in [6.07, 6.45) is 1.41. The molecule has 222 valence electrons. The van der Waals surface area contributed by atoms with Crippen LogP contribution in [0.2, 0.25) is 0 Å². The van der Waals surface area contributed by atoms with E-state index in [1.807, 2.05) is 6.92 Å². The summed E-state index contributed by atoms with van der Waals surface area (Å²) in [7, 11) is -2.47. The van der Waals surface area contributed by atoms with E-state index >= 15 is 0 Å². The molecule has 0 atom stereocenters. The number of carbonyl (C=O) groups excluding carboxylic acids is 2. The van der Waals surface area contributed by atoms with Gasteiger partial charge in [0.25, 0.3) is 21.8 Å². The van der Waals surface area contributed by atoms with Crippen molar-refractivity contribution in [3.63, 3.8) is 0 Å². The Morgan fingerprint density at radius 3 is 2.12 bits per heavy atom. The summed E-state index contributed by atoms with van der Waals surface area (Å²) in [6.45, 7) is 1.19. The summed E-state index contributed by atoms with van der Waals surface area (Å²) >= 11 is 3.35. The van der Waals surface area contributed by atoms with Gasteiger partial charge in [-0.3, -0.25) is 13.9 Å². The molecule has 0 saturated carbocycles. The molecule has 0 aliphatic rings. The number of nitrogens with one attached hydrogen (secondary N) is 2. The maximum Gasteiger partial charge on any atom is 0.264 e. The molecule has 4 aromatic carbocycles. The van der Waals surface area contributed by atoms with Crippen LogP contribution in [0.5, 0.6) is 11.5 Å². The van der Waals surface area contributed by atoms with Crippen molar-refractivity contribution in [3.05, 3.63) is 113 Å². The third-order valence-corrected chi connectivity index (χ3v) is 8.35. The standard InChI is InChI=1S/C31H29BrN4O6S/c1-22-3-17-29(18-4-22)43(39,40)36(26-11-7-24(32)8-12-26)20-30(37)35-33-19-23-5-13-28(14-6-23)42-21-31(38)34-25-9-15-27(41-2)16-10-25/h3-19H,20-21H2,1-2H3,(H,34,38)(H,35,37)/b33-19-. The van der Waals surface area contributed by atoms with Crippen LogP contribution in [-0.4, -0.2) is 46.7 Å². The zero-order valence-corrected chi connectivity index (χ0v) is 25.8. The molecule has 43 heavy (non-hydrogen) atoms. The van der Waals surface area contributed by atoms with Crippen LogP contribution in [0.25, 0.3) is 0 Å². The number of ether oxygens (including phenoxy) is 2. The summed E-state index contributed by atoms with van der Waals surface area (Å²) in [5, 5.41) is 6.70. The van der Waals surface area contributed by atoms with E-state index in [4.69, 9.17) is 9.47 Å². The number of hydrogen-bond acceptors (Lipinski definition) is 7. The maximum absolute atomic E-state index is 13.5. The Hall–Kier alpha value is -4.68. The van der Waals surface area contributed by atoms with E-state index in [1.54, 1.807) is 92.0 Å². The molecule has 0 saturated heterocycles. The minimum atomic E-state index is -4.04. The molecule has 0 aliphatic carbocycles.